The Hall–Kier alpha value is -2.18. The van der Waals surface area contributed by atoms with Crippen molar-refractivity contribution in [2.24, 2.45) is 0 Å². The van der Waals surface area contributed by atoms with Crippen LogP contribution in [-0.4, -0.2) is 14.4 Å². The van der Waals surface area contributed by atoms with Gasteiger partial charge in [-0.3, -0.25) is 0 Å². The summed E-state index contributed by atoms with van der Waals surface area (Å²) in [6.45, 7) is 1.72. The van der Waals surface area contributed by atoms with Gasteiger partial charge < -0.3 is 9.90 Å². The van der Waals surface area contributed by atoms with Gasteiger partial charge in [0.15, 0.2) is 0 Å². The summed E-state index contributed by atoms with van der Waals surface area (Å²) in [5.74, 6) is -1.41. The van der Waals surface area contributed by atoms with Crippen LogP contribution in [0.1, 0.15) is 28.9 Å². The monoisotopic (exact) mass is 304 g/mol. The van der Waals surface area contributed by atoms with Crippen LogP contribution in [0.5, 0.6) is 0 Å². The van der Waals surface area contributed by atoms with Gasteiger partial charge in [-0.25, -0.2) is 13.1 Å². The molecule has 0 heterocycles. The van der Waals surface area contributed by atoms with Gasteiger partial charge in [0.1, 0.15) is 0 Å². The molecular formula is C15H14NO4S-. The zero-order chi connectivity index (χ0) is 15.5. The predicted molar refractivity (Wildman–Crippen MR) is 76.0 cm³/mol. The minimum absolute atomic E-state index is 0.105. The van der Waals surface area contributed by atoms with Crippen molar-refractivity contribution in [3.8, 4) is 0 Å². The molecule has 0 radical (unpaired) electrons. The summed E-state index contributed by atoms with van der Waals surface area (Å²) in [6, 6.07) is 13.7. The lowest BCUT2D eigenvalue weighted by atomic mass is 10.1. The summed E-state index contributed by atoms with van der Waals surface area (Å²) >= 11 is 0. The van der Waals surface area contributed by atoms with Crippen LogP contribution in [0.4, 0.5) is 0 Å². The number of carboxylic acids is 1. The molecule has 0 aromatic heterocycles. The highest BCUT2D eigenvalue weighted by Gasteiger charge is 2.18. The van der Waals surface area contributed by atoms with E-state index in [1.807, 2.05) is 30.3 Å². The molecule has 2 aromatic carbocycles. The average molecular weight is 304 g/mol. The van der Waals surface area contributed by atoms with Crippen LogP contribution in [0.3, 0.4) is 0 Å². The third kappa shape index (κ3) is 3.68. The lowest BCUT2D eigenvalue weighted by Gasteiger charge is -2.15. The van der Waals surface area contributed by atoms with E-state index in [0.29, 0.717) is 0 Å². The third-order valence-electron chi connectivity index (χ3n) is 3.01. The fraction of sp³-hybridized carbons (Fsp3) is 0.133. The molecule has 2 rings (SSSR count). The van der Waals surface area contributed by atoms with E-state index in [1.165, 1.54) is 18.2 Å². The fourth-order valence-electron chi connectivity index (χ4n) is 1.90. The second kappa shape index (κ2) is 6.07. The first-order valence-electron chi connectivity index (χ1n) is 6.29. The van der Waals surface area contributed by atoms with Crippen LogP contribution < -0.4 is 9.83 Å². The van der Waals surface area contributed by atoms with Crippen molar-refractivity contribution in [2.45, 2.75) is 17.9 Å². The summed E-state index contributed by atoms with van der Waals surface area (Å²) in [7, 11) is -3.80. The summed E-state index contributed by atoms with van der Waals surface area (Å²) in [5, 5.41) is 10.8. The van der Waals surface area contributed by atoms with Crippen LogP contribution in [-0.2, 0) is 10.0 Å². The lowest BCUT2D eigenvalue weighted by Crippen LogP contribution is -2.28. The predicted octanol–water partition coefficient (Wildman–Crippen LogP) is 1.09. The summed E-state index contributed by atoms with van der Waals surface area (Å²) < 4.78 is 27.0. The molecule has 0 amide bonds. The van der Waals surface area contributed by atoms with Gasteiger partial charge >= 0.3 is 0 Å². The van der Waals surface area contributed by atoms with Gasteiger partial charge in [-0.05, 0) is 30.2 Å². The molecule has 21 heavy (non-hydrogen) atoms. The molecule has 0 fully saturated rings. The Labute approximate surface area is 123 Å². The number of nitrogens with one attached hydrogen (secondary N) is 1. The van der Waals surface area contributed by atoms with Crippen molar-refractivity contribution < 1.29 is 18.3 Å². The molecule has 5 nitrogen and oxygen atoms in total. The third-order valence-corrected chi connectivity index (χ3v) is 4.55. The first-order valence-corrected chi connectivity index (χ1v) is 7.77. The standard InChI is InChI=1S/C15H15NO4S/c1-11(12-6-3-2-4-7-12)16-21(19,20)14-9-5-8-13(10-14)15(17)18/h2-11,16H,1H3,(H,17,18)/p-1/t11-/m1/s1. The minimum atomic E-state index is -3.80. The van der Waals surface area contributed by atoms with Gasteiger partial charge in [-0.15, -0.1) is 0 Å². The Morgan fingerprint density at radius 3 is 2.38 bits per heavy atom. The van der Waals surface area contributed by atoms with Crippen LogP contribution in [0.15, 0.2) is 59.5 Å². The Morgan fingerprint density at radius 2 is 1.76 bits per heavy atom. The molecule has 0 saturated heterocycles. The average Bonchev–Trinajstić information content (AvgIpc) is 2.48. The normalized spacial score (nSPS) is 12.8. The molecule has 1 N–H and O–H groups in total. The first-order chi connectivity index (χ1) is 9.90. The highest BCUT2D eigenvalue weighted by molar-refractivity contribution is 7.89. The SMILES string of the molecule is C[C@@H](NS(=O)(=O)c1cccc(C(=O)[O-])c1)c1ccccc1. The molecule has 0 aliphatic rings. The number of rotatable bonds is 5. The molecule has 0 unspecified atom stereocenters. The van der Waals surface area contributed by atoms with Gasteiger partial charge in [-0.2, -0.15) is 0 Å². The maximum absolute atomic E-state index is 12.3. The Morgan fingerprint density at radius 1 is 1.10 bits per heavy atom. The van der Waals surface area contributed by atoms with Crippen LogP contribution >= 0.6 is 0 Å². The maximum atomic E-state index is 12.3. The van der Waals surface area contributed by atoms with E-state index in [2.05, 4.69) is 4.72 Å². The van der Waals surface area contributed by atoms with Crippen molar-refractivity contribution in [3.05, 3.63) is 65.7 Å². The Bertz CT molecular complexity index is 741. The van der Waals surface area contributed by atoms with Gasteiger partial charge in [0.2, 0.25) is 10.0 Å². The quantitative estimate of drug-likeness (QED) is 0.896. The number of hydrogen-bond acceptors (Lipinski definition) is 4. The van der Waals surface area contributed by atoms with E-state index in [0.717, 1.165) is 11.6 Å². The van der Waals surface area contributed by atoms with E-state index < -0.39 is 22.0 Å². The minimum Gasteiger partial charge on any atom is -0.545 e. The Balaban J connectivity index is 2.26. The number of carbonyl (C=O) groups excluding carboxylic acids is 1. The molecule has 0 bridgehead atoms. The zero-order valence-electron chi connectivity index (χ0n) is 11.3. The number of carbonyl (C=O) groups is 1. The molecule has 0 aliphatic carbocycles. The topological polar surface area (TPSA) is 86.3 Å². The van der Waals surface area contributed by atoms with Crippen molar-refractivity contribution in [1.82, 2.24) is 4.72 Å². The van der Waals surface area contributed by atoms with E-state index >= 15 is 0 Å². The van der Waals surface area contributed by atoms with Crippen molar-refractivity contribution in [2.75, 3.05) is 0 Å². The van der Waals surface area contributed by atoms with Crippen molar-refractivity contribution >= 4 is 16.0 Å². The summed E-state index contributed by atoms with van der Waals surface area (Å²) in [4.78, 5) is 10.7. The fourth-order valence-corrected chi connectivity index (χ4v) is 3.18. The highest BCUT2D eigenvalue weighted by Crippen LogP contribution is 2.17. The molecule has 6 heteroatoms. The number of hydrogen-bond donors (Lipinski definition) is 1. The lowest BCUT2D eigenvalue weighted by molar-refractivity contribution is -0.255. The van der Waals surface area contributed by atoms with Crippen molar-refractivity contribution in [3.63, 3.8) is 0 Å². The largest absolute Gasteiger partial charge is 0.545 e. The molecule has 2 aromatic rings. The number of benzene rings is 2. The van der Waals surface area contributed by atoms with Gasteiger partial charge in [0.25, 0.3) is 0 Å². The molecule has 1 atom stereocenters. The van der Waals surface area contributed by atoms with Gasteiger partial charge in [0.05, 0.1) is 10.9 Å². The van der Waals surface area contributed by atoms with Crippen LogP contribution in [0, 0.1) is 0 Å². The van der Waals surface area contributed by atoms with Gasteiger partial charge in [-0.1, -0.05) is 42.5 Å². The second-order valence-corrected chi connectivity index (χ2v) is 6.28. The zero-order valence-corrected chi connectivity index (χ0v) is 12.1. The summed E-state index contributed by atoms with van der Waals surface area (Å²) in [5.41, 5.74) is 0.641. The highest BCUT2D eigenvalue weighted by atomic mass is 32.2. The molecule has 0 spiro atoms. The number of aromatic carboxylic acids is 1. The van der Waals surface area contributed by atoms with E-state index in [9.17, 15) is 18.3 Å². The van der Waals surface area contributed by atoms with E-state index in [1.54, 1.807) is 6.92 Å². The van der Waals surface area contributed by atoms with Crippen molar-refractivity contribution in [1.29, 1.82) is 0 Å². The van der Waals surface area contributed by atoms with Crippen LogP contribution in [0.25, 0.3) is 0 Å². The number of sulfonamides is 1. The van der Waals surface area contributed by atoms with Crippen LogP contribution in [0.2, 0.25) is 0 Å². The maximum Gasteiger partial charge on any atom is 0.241 e. The number of carboxylic acid groups (broad SMARTS) is 1. The molecule has 110 valence electrons. The second-order valence-electron chi connectivity index (χ2n) is 4.57. The first kappa shape index (κ1) is 15.2. The molecular weight excluding hydrogens is 290 g/mol. The smallest absolute Gasteiger partial charge is 0.241 e. The van der Waals surface area contributed by atoms with E-state index in [4.69, 9.17) is 0 Å². The molecule has 0 saturated carbocycles. The van der Waals surface area contributed by atoms with E-state index in [-0.39, 0.29) is 10.5 Å². The van der Waals surface area contributed by atoms with Gasteiger partial charge in [0, 0.05) is 6.04 Å². The molecule has 0 aliphatic heterocycles. The summed E-state index contributed by atoms with van der Waals surface area (Å²) in [6.07, 6.45) is 0. The Kier molecular flexibility index (Phi) is 4.40.